The third kappa shape index (κ3) is 4.07. The van der Waals surface area contributed by atoms with Gasteiger partial charge in [0.25, 0.3) is 0 Å². The van der Waals surface area contributed by atoms with Gasteiger partial charge >= 0.3 is 0 Å². The van der Waals surface area contributed by atoms with Crippen LogP contribution in [-0.2, 0) is 18.3 Å². The molecule has 0 spiro atoms. The Balaban J connectivity index is 1.30. The Bertz CT molecular complexity index is 894. The normalized spacial score (nSPS) is 15.2. The number of hydrogen-bond donors (Lipinski definition) is 0. The molecule has 0 N–H and O–H groups in total. The largest absolute Gasteiger partial charge is 0.343 e. The van der Waals surface area contributed by atoms with E-state index >= 15 is 0 Å². The third-order valence-electron chi connectivity index (χ3n) is 5.06. The van der Waals surface area contributed by atoms with Gasteiger partial charge in [0.1, 0.15) is 0 Å². The van der Waals surface area contributed by atoms with Crippen molar-refractivity contribution in [1.82, 2.24) is 24.8 Å². The van der Waals surface area contributed by atoms with Crippen molar-refractivity contribution in [1.29, 1.82) is 0 Å². The minimum absolute atomic E-state index is 0.202. The molecule has 0 atom stereocenters. The molecule has 1 saturated heterocycles. The van der Waals surface area contributed by atoms with Crippen LogP contribution >= 0.6 is 0 Å². The molecule has 140 valence electrons. The van der Waals surface area contributed by atoms with Crippen molar-refractivity contribution in [2.24, 2.45) is 7.05 Å². The third-order valence-corrected chi connectivity index (χ3v) is 5.06. The second-order valence-electron chi connectivity index (χ2n) is 7.00. The first kappa shape index (κ1) is 17.5. The van der Waals surface area contributed by atoms with Crippen molar-refractivity contribution >= 4 is 5.91 Å². The first-order valence-corrected chi connectivity index (χ1v) is 9.33. The van der Waals surface area contributed by atoms with Crippen LogP contribution in [0.25, 0.3) is 11.4 Å². The fraction of sp³-hybridized carbons (Fsp3) is 0.400. The molecule has 7 heteroatoms. The monoisotopic (exact) mass is 365 g/mol. The molecule has 4 rings (SSSR count). The van der Waals surface area contributed by atoms with Gasteiger partial charge in [0.05, 0.1) is 6.20 Å². The van der Waals surface area contributed by atoms with E-state index in [1.54, 1.807) is 4.68 Å². The van der Waals surface area contributed by atoms with Crippen molar-refractivity contribution in [2.45, 2.75) is 31.6 Å². The fourth-order valence-corrected chi connectivity index (χ4v) is 3.49. The van der Waals surface area contributed by atoms with Crippen molar-refractivity contribution in [3.8, 4) is 11.4 Å². The summed E-state index contributed by atoms with van der Waals surface area (Å²) in [6, 6.07) is 9.82. The number of amides is 1. The highest BCUT2D eigenvalue weighted by Gasteiger charge is 2.27. The van der Waals surface area contributed by atoms with Crippen LogP contribution in [0, 0.1) is 0 Å². The van der Waals surface area contributed by atoms with Crippen LogP contribution < -0.4 is 0 Å². The van der Waals surface area contributed by atoms with Gasteiger partial charge in [-0.15, -0.1) is 0 Å². The lowest BCUT2D eigenvalue weighted by Crippen LogP contribution is -2.38. The summed E-state index contributed by atoms with van der Waals surface area (Å²) in [5.74, 6) is 1.72. The zero-order chi connectivity index (χ0) is 18.6. The number of carbonyl (C=O) groups excluding carboxylic acids is 1. The van der Waals surface area contributed by atoms with Crippen molar-refractivity contribution < 1.29 is 9.32 Å². The first-order valence-electron chi connectivity index (χ1n) is 9.33. The molecule has 1 aliphatic rings. The summed E-state index contributed by atoms with van der Waals surface area (Å²) in [4.78, 5) is 19.0. The van der Waals surface area contributed by atoms with E-state index in [1.807, 2.05) is 54.7 Å². The predicted octanol–water partition coefficient (Wildman–Crippen LogP) is 2.81. The van der Waals surface area contributed by atoms with E-state index in [2.05, 4.69) is 15.2 Å². The molecule has 1 aromatic carbocycles. The molecule has 0 radical (unpaired) electrons. The summed E-state index contributed by atoms with van der Waals surface area (Å²) in [5, 5.41) is 8.25. The molecule has 0 aliphatic carbocycles. The summed E-state index contributed by atoms with van der Waals surface area (Å²) in [5.41, 5.74) is 2.05. The van der Waals surface area contributed by atoms with Gasteiger partial charge in [0, 0.05) is 44.2 Å². The van der Waals surface area contributed by atoms with Crippen LogP contribution in [0.3, 0.4) is 0 Å². The van der Waals surface area contributed by atoms with Crippen LogP contribution in [0.5, 0.6) is 0 Å². The van der Waals surface area contributed by atoms with Crippen molar-refractivity contribution in [2.75, 3.05) is 13.1 Å². The van der Waals surface area contributed by atoms with Crippen molar-refractivity contribution in [3.63, 3.8) is 0 Å². The molecule has 0 saturated carbocycles. The van der Waals surface area contributed by atoms with E-state index in [0.29, 0.717) is 18.1 Å². The number of nitrogens with zero attached hydrogens (tertiary/aromatic N) is 5. The van der Waals surface area contributed by atoms with Gasteiger partial charge in [-0.05, 0) is 24.8 Å². The highest BCUT2D eigenvalue weighted by atomic mass is 16.5. The van der Waals surface area contributed by atoms with Gasteiger partial charge in [-0.1, -0.05) is 35.5 Å². The molecule has 2 aromatic heterocycles. The summed E-state index contributed by atoms with van der Waals surface area (Å²) in [6.45, 7) is 1.47. The Kier molecular flexibility index (Phi) is 5.00. The number of aromatic nitrogens is 4. The summed E-state index contributed by atoms with van der Waals surface area (Å²) in [7, 11) is 1.89. The van der Waals surface area contributed by atoms with Crippen LogP contribution in [0.4, 0.5) is 0 Å². The molecule has 0 bridgehead atoms. The molecule has 0 unspecified atom stereocenters. The van der Waals surface area contributed by atoms with Crippen molar-refractivity contribution in [3.05, 3.63) is 54.2 Å². The average molecular weight is 365 g/mol. The maximum absolute atomic E-state index is 12.5. The molecule has 3 heterocycles. The maximum Gasteiger partial charge on any atom is 0.230 e. The molecule has 1 aliphatic heterocycles. The van der Waals surface area contributed by atoms with E-state index in [0.717, 1.165) is 43.5 Å². The lowest BCUT2D eigenvalue weighted by atomic mass is 9.96. The van der Waals surface area contributed by atoms with E-state index in [1.165, 1.54) is 0 Å². The Hall–Kier alpha value is -2.96. The Morgan fingerprint density at radius 2 is 2.00 bits per heavy atom. The molecular weight excluding hydrogens is 342 g/mol. The number of likely N-dealkylation sites (tertiary alicyclic amines) is 1. The molecule has 3 aromatic rings. The second kappa shape index (κ2) is 7.73. The average Bonchev–Trinajstić information content (AvgIpc) is 3.36. The highest BCUT2D eigenvalue weighted by molar-refractivity contribution is 5.76. The summed E-state index contributed by atoms with van der Waals surface area (Å²) >= 11 is 0. The number of benzene rings is 1. The Morgan fingerprint density at radius 1 is 1.22 bits per heavy atom. The molecule has 1 fully saturated rings. The van der Waals surface area contributed by atoms with E-state index in [-0.39, 0.29) is 11.8 Å². The van der Waals surface area contributed by atoms with Crippen LogP contribution in [0.2, 0.25) is 0 Å². The van der Waals surface area contributed by atoms with Crippen LogP contribution in [0.15, 0.2) is 47.2 Å². The SMILES string of the molecule is Cn1cc(CCC(=O)N2CCC(c3nc(-c4ccccc4)no3)CC2)cn1. The molecule has 7 nitrogen and oxygen atoms in total. The smallest absolute Gasteiger partial charge is 0.230 e. The first-order chi connectivity index (χ1) is 13.2. The summed E-state index contributed by atoms with van der Waals surface area (Å²) in [6.07, 6.45) is 6.74. The van der Waals surface area contributed by atoms with Gasteiger partial charge in [-0.25, -0.2) is 0 Å². The van der Waals surface area contributed by atoms with E-state index in [9.17, 15) is 4.79 Å². The number of carbonyl (C=O) groups is 1. The van der Waals surface area contributed by atoms with Gasteiger partial charge in [-0.3, -0.25) is 9.48 Å². The fourth-order valence-electron chi connectivity index (χ4n) is 3.49. The zero-order valence-electron chi connectivity index (χ0n) is 15.4. The van der Waals surface area contributed by atoms with Gasteiger partial charge in [0.2, 0.25) is 17.6 Å². The quantitative estimate of drug-likeness (QED) is 0.695. The zero-order valence-corrected chi connectivity index (χ0v) is 15.4. The van der Waals surface area contributed by atoms with Gasteiger partial charge in [0.15, 0.2) is 0 Å². The summed E-state index contributed by atoms with van der Waals surface area (Å²) < 4.78 is 7.25. The lowest BCUT2D eigenvalue weighted by Gasteiger charge is -2.30. The number of rotatable bonds is 5. The van der Waals surface area contributed by atoms with Crippen LogP contribution in [-0.4, -0.2) is 43.8 Å². The molecule has 27 heavy (non-hydrogen) atoms. The highest BCUT2D eigenvalue weighted by Crippen LogP contribution is 2.28. The van der Waals surface area contributed by atoms with Gasteiger partial charge < -0.3 is 9.42 Å². The molecular formula is C20H23N5O2. The standard InChI is InChI=1S/C20H23N5O2/c1-24-14-15(13-21-24)7-8-18(26)25-11-9-17(10-12-25)20-22-19(23-27-20)16-5-3-2-4-6-16/h2-6,13-14,17H,7-12H2,1H3. The minimum atomic E-state index is 0.202. The predicted molar refractivity (Wildman–Crippen MR) is 99.8 cm³/mol. The second-order valence-corrected chi connectivity index (χ2v) is 7.00. The number of aryl methyl sites for hydroxylation is 2. The minimum Gasteiger partial charge on any atom is -0.343 e. The lowest BCUT2D eigenvalue weighted by molar-refractivity contribution is -0.132. The van der Waals surface area contributed by atoms with Crippen LogP contribution in [0.1, 0.15) is 36.6 Å². The van der Waals surface area contributed by atoms with E-state index in [4.69, 9.17) is 4.52 Å². The maximum atomic E-state index is 12.5. The van der Waals surface area contributed by atoms with Gasteiger partial charge in [-0.2, -0.15) is 10.1 Å². The Morgan fingerprint density at radius 3 is 2.70 bits per heavy atom. The number of piperidine rings is 1. The number of hydrogen-bond acceptors (Lipinski definition) is 5. The van der Waals surface area contributed by atoms with E-state index < -0.39 is 0 Å². The molecule has 1 amide bonds. The Labute approximate surface area is 158 Å². The topological polar surface area (TPSA) is 77.0 Å².